The zero-order valence-electron chi connectivity index (χ0n) is 16.9. The van der Waals surface area contributed by atoms with Gasteiger partial charge in [-0.25, -0.2) is 8.42 Å². The lowest BCUT2D eigenvalue weighted by Crippen LogP contribution is -2.40. The van der Waals surface area contributed by atoms with Gasteiger partial charge in [0.25, 0.3) is 21.6 Å². The van der Waals surface area contributed by atoms with Crippen LogP contribution in [0.3, 0.4) is 0 Å². The van der Waals surface area contributed by atoms with Crippen molar-refractivity contribution in [1.29, 1.82) is 0 Å². The predicted molar refractivity (Wildman–Crippen MR) is 123 cm³/mol. The fourth-order valence-corrected chi connectivity index (χ4v) is 7.32. The number of carbonyl (C=O) groups is 1. The fourth-order valence-electron chi connectivity index (χ4n) is 3.63. The summed E-state index contributed by atoms with van der Waals surface area (Å²) in [5, 5.41) is 12.8. The lowest BCUT2D eigenvalue weighted by Gasteiger charge is -2.29. The molecule has 1 aliphatic heterocycles. The first kappa shape index (κ1) is 22.5. The number of sulfonamides is 1. The van der Waals surface area contributed by atoms with Crippen molar-refractivity contribution in [3.8, 4) is 0 Å². The maximum atomic E-state index is 12.9. The summed E-state index contributed by atoms with van der Waals surface area (Å²) in [6, 6.07) is 7.81. The minimum Gasteiger partial charge on any atom is -0.312 e. The zero-order valence-corrected chi connectivity index (χ0v) is 19.4. The molecule has 3 aromatic rings. The minimum absolute atomic E-state index is 0.0262. The number of hydrogen-bond acceptors (Lipinski definition) is 7. The summed E-state index contributed by atoms with van der Waals surface area (Å²) in [7, 11) is -3.53. The number of hydrogen-bond donors (Lipinski definition) is 0. The second kappa shape index (κ2) is 9.06. The molecule has 1 amide bonds. The Bertz CT molecular complexity index is 1350. The number of carbonyl (C=O) groups excluding carboxylic acids is 1. The molecule has 1 saturated heterocycles. The van der Waals surface area contributed by atoms with Gasteiger partial charge in [0.1, 0.15) is 4.21 Å². The molecule has 0 unspecified atom stereocenters. The quantitative estimate of drug-likeness (QED) is 0.297. The Labute approximate surface area is 192 Å². The van der Waals surface area contributed by atoms with Crippen LogP contribution < -0.4 is 4.80 Å². The second-order valence-electron chi connectivity index (χ2n) is 7.25. The van der Waals surface area contributed by atoms with E-state index in [1.54, 1.807) is 34.2 Å². The maximum absolute atomic E-state index is 12.9. The molecule has 1 aromatic carbocycles. The number of thiophene rings is 1. The third-order valence-electron chi connectivity index (χ3n) is 5.29. The van der Waals surface area contributed by atoms with Crippen LogP contribution in [-0.2, 0) is 21.4 Å². The summed E-state index contributed by atoms with van der Waals surface area (Å²) in [5.74, 6) is -0.682. The van der Waals surface area contributed by atoms with Crippen LogP contribution in [-0.4, -0.2) is 41.2 Å². The van der Waals surface area contributed by atoms with E-state index >= 15 is 0 Å². The molecule has 168 valence electrons. The van der Waals surface area contributed by atoms with Gasteiger partial charge in [0.2, 0.25) is 0 Å². The van der Waals surface area contributed by atoms with Gasteiger partial charge in [-0.2, -0.15) is 9.30 Å². The first-order valence-electron chi connectivity index (χ1n) is 9.82. The summed E-state index contributed by atoms with van der Waals surface area (Å²) in [6.45, 7) is 4.66. The van der Waals surface area contributed by atoms with E-state index in [-0.39, 0.29) is 30.6 Å². The highest BCUT2D eigenvalue weighted by atomic mass is 32.2. The highest BCUT2D eigenvalue weighted by molar-refractivity contribution is 7.91. The van der Waals surface area contributed by atoms with Crippen LogP contribution in [0.4, 0.5) is 5.69 Å². The van der Waals surface area contributed by atoms with E-state index in [2.05, 4.69) is 11.6 Å². The zero-order chi connectivity index (χ0) is 22.9. The Hall–Kier alpha value is -2.67. The van der Waals surface area contributed by atoms with Crippen molar-refractivity contribution in [2.45, 2.75) is 23.6 Å². The van der Waals surface area contributed by atoms with Crippen LogP contribution in [0.5, 0.6) is 0 Å². The average Bonchev–Trinajstić information content (AvgIpc) is 3.43. The van der Waals surface area contributed by atoms with Gasteiger partial charge in [-0.15, -0.1) is 17.9 Å². The molecule has 2 aromatic heterocycles. The maximum Gasteiger partial charge on any atom is 0.270 e. The summed E-state index contributed by atoms with van der Waals surface area (Å²) >= 11 is 2.39. The number of piperidine rings is 1. The first-order chi connectivity index (χ1) is 15.3. The summed E-state index contributed by atoms with van der Waals surface area (Å²) in [5.41, 5.74) is 0.714. The molecule has 12 heteroatoms. The van der Waals surface area contributed by atoms with Crippen molar-refractivity contribution in [3.05, 3.63) is 63.3 Å². The third kappa shape index (κ3) is 4.31. The third-order valence-corrected chi connectivity index (χ3v) is 9.60. The first-order valence-corrected chi connectivity index (χ1v) is 13.0. The standard InChI is InChI=1S/C20H20N4O5S3/c1-2-9-23-16-6-5-15(24(26)27)13-17(16)31-20(23)21-19(25)14-7-10-22(11-8-14)32(28,29)18-4-3-12-30-18/h2-6,12-14H,1,7-11H2. The Kier molecular flexibility index (Phi) is 6.38. The smallest absolute Gasteiger partial charge is 0.270 e. The van der Waals surface area contributed by atoms with Crippen LogP contribution >= 0.6 is 22.7 Å². The molecule has 0 saturated carbocycles. The van der Waals surface area contributed by atoms with E-state index in [0.29, 0.717) is 33.1 Å². The van der Waals surface area contributed by atoms with E-state index in [4.69, 9.17) is 0 Å². The molecule has 0 spiro atoms. The predicted octanol–water partition coefficient (Wildman–Crippen LogP) is 3.39. The average molecular weight is 493 g/mol. The normalized spacial score (nSPS) is 16.4. The van der Waals surface area contributed by atoms with E-state index < -0.39 is 14.9 Å². The van der Waals surface area contributed by atoms with Crippen LogP contribution in [0.2, 0.25) is 0 Å². The van der Waals surface area contributed by atoms with Crippen molar-refractivity contribution in [2.24, 2.45) is 10.9 Å². The minimum atomic E-state index is -3.53. The molecule has 0 aliphatic carbocycles. The molecule has 1 aliphatic rings. The number of benzene rings is 1. The lowest BCUT2D eigenvalue weighted by atomic mass is 9.98. The number of non-ortho nitro benzene ring substituents is 1. The van der Waals surface area contributed by atoms with Gasteiger partial charge in [0, 0.05) is 37.7 Å². The summed E-state index contributed by atoms with van der Waals surface area (Å²) < 4.78 is 29.5. The van der Waals surface area contributed by atoms with Crippen molar-refractivity contribution < 1.29 is 18.1 Å². The topological polar surface area (TPSA) is 115 Å². The van der Waals surface area contributed by atoms with E-state index in [1.807, 2.05) is 0 Å². The fraction of sp³-hybridized carbons (Fsp3) is 0.300. The van der Waals surface area contributed by atoms with Gasteiger partial charge in [0.05, 0.1) is 15.1 Å². The van der Waals surface area contributed by atoms with Gasteiger partial charge in [-0.05, 0) is 30.4 Å². The van der Waals surface area contributed by atoms with Crippen LogP contribution in [0.1, 0.15) is 12.8 Å². The molecular weight excluding hydrogens is 472 g/mol. The summed E-state index contributed by atoms with van der Waals surface area (Å²) in [4.78, 5) is 28.3. The van der Waals surface area contributed by atoms with Crippen LogP contribution in [0.25, 0.3) is 10.2 Å². The number of amides is 1. The highest BCUT2D eigenvalue weighted by Gasteiger charge is 2.32. The number of fused-ring (bicyclic) bond motifs is 1. The van der Waals surface area contributed by atoms with Gasteiger partial charge >= 0.3 is 0 Å². The Morgan fingerprint density at radius 1 is 1.31 bits per heavy atom. The Balaban J connectivity index is 1.57. The number of rotatable bonds is 6. The molecule has 4 rings (SSSR count). The number of aromatic nitrogens is 1. The molecule has 0 N–H and O–H groups in total. The highest BCUT2D eigenvalue weighted by Crippen LogP contribution is 2.27. The van der Waals surface area contributed by atoms with Crippen molar-refractivity contribution >= 4 is 54.5 Å². The van der Waals surface area contributed by atoms with Crippen molar-refractivity contribution in [3.63, 3.8) is 0 Å². The van der Waals surface area contributed by atoms with E-state index in [9.17, 15) is 23.3 Å². The molecule has 0 radical (unpaired) electrons. The van der Waals surface area contributed by atoms with Crippen LogP contribution in [0.15, 0.2) is 57.6 Å². The van der Waals surface area contributed by atoms with Crippen LogP contribution in [0, 0.1) is 16.0 Å². The lowest BCUT2D eigenvalue weighted by molar-refractivity contribution is -0.384. The molecule has 3 heterocycles. The second-order valence-corrected chi connectivity index (χ2v) is 11.4. The molecule has 32 heavy (non-hydrogen) atoms. The van der Waals surface area contributed by atoms with E-state index in [1.165, 1.54) is 39.1 Å². The monoisotopic (exact) mass is 492 g/mol. The Morgan fingerprint density at radius 3 is 2.69 bits per heavy atom. The number of thiazole rings is 1. The van der Waals surface area contributed by atoms with Crippen molar-refractivity contribution in [2.75, 3.05) is 13.1 Å². The SMILES string of the molecule is C=CCn1c(=NC(=O)C2CCN(S(=O)(=O)c3cccs3)CC2)sc2cc([N+](=O)[O-])ccc21. The van der Waals surface area contributed by atoms with Gasteiger partial charge in [-0.1, -0.05) is 23.5 Å². The van der Waals surface area contributed by atoms with Crippen molar-refractivity contribution in [1.82, 2.24) is 8.87 Å². The number of nitro benzene ring substituents is 1. The molecule has 0 atom stereocenters. The number of allylic oxidation sites excluding steroid dienone is 1. The summed E-state index contributed by atoms with van der Waals surface area (Å²) in [6.07, 6.45) is 2.46. The molecule has 1 fully saturated rings. The number of nitrogens with zero attached hydrogens (tertiary/aromatic N) is 4. The van der Waals surface area contributed by atoms with E-state index in [0.717, 1.165) is 5.52 Å². The van der Waals surface area contributed by atoms with Gasteiger partial charge in [0.15, 0.2) is 4.80 Å². The molecule has 0 bridgehead atoms. The van der Waals surface area contributed by atoms with Gasteiger partial charge < -0.3 is 4.57 Å². The largest absolute Gasteiger partial charge is 0.312 e. The number of nitro groups is 1. The molecule has 9 nitrogen and oxygen atoms in total. The Morgan fingerprint density at radius 2 is 2.06 bits per heavy atom. The molecular formula is C20H20N4O5S3. The van der Waals surface area contributed by atoms with Gasteiger partial charge in [-0.3, -0.25) is 14.9 Å².